The molecule has 0 spiro atoms. The summed E-state index contributed by atoms with van der Waals surface area (Å²) >= 11 is 4.39. The van der Waals surface area contributed by atoms with Gasteiger partial charge >= 0.3 is 0 Å². The molecule has 0 aliphatic carbocycles. The van der Waals surface area contributed by atoms with Crippen molar-refractivity contribution < 1.29 is 9.53 Å². The van der Waals surface area contributed by atoms with E-state index in [2.05, 4.69) is 22.9 Å². The lowest BCUT2D eigenvalue weighted by molar-refractivity contribution is -0.118. The number of rotatable bonds is 3. The zero-order valence-electron chi connectivity index (χ0n) is 11.0. The Morgan fingerprint density at radius 1 is 1.45 bits per heavy atom. The molecule has 0 saturated carbocycles. The molecule has 1 aromatic carbocycles. The molecule has 1 unspecified atom stereocenters. The van der Waals surface area contributed by atoms with Crippen molar-refractivity contribution in [2.24, 2.45) is 0 Å². The van der Waals surface area contributed by atoms with Gasteiger partial charge in [0.1, 0.15) is 0 Å². The zero-order valence-corrected chi connectivity index (χ0v) is 11.9. The van der Waals surface area contributed by atoms with Crippen molar-refractivity contribution in [2.75, 3.05) is 11.9 Å². The molecule has 1 amide bonds. The number of ether oxygens (including phenoxy) is 1. The number of carbonyl (C=O) groups is 1. The van der Waals surface area contributed by atoms with Crippen molar-refractivity contribution in [3.05, 3.63) is 30.5 Å². The Bertz CT molecular complexity index is 639. The van der Waals surface area contributed by atoms with Gasteiger partial charge in [0.05, 0.1) is 23.7 Å². The molecule has 20 heavy (non-hydrogen) atoms. The average Bonchev–Trinajstić information content (AvgIpc) is 2.93. The maximum absolute atomic E-state index is 12.1. The van der Waals surface area contributed by atoms with E-state index in [4.69, 9.17) is 4.74 Å². The van der Waals surface area contributed by atoms with Gasteiger partial charge in [-0.05, 0) is 25.0 Å². The van der Waals surface area contributed by atoms with Crippen LogP contribution in [0, 0.1) is 0 Å². The number of pyridine rings is 1. The van der Waals surface area contributed by atoms with Crippen LogP contribution in [0.5, 0.6) is 0 Å². The van der Waals surface area contributed by atoms with E-state index in [1.165, 1.54) is 0 Å². The minimum Gasteiger partial charge on any atom is -0.378 e. The van der Waals surface area contributed by atoms with Gasteiger partial charge in [-0.3, -0.25) is 9.78 Å². The molecule has 0 bridgehead atoms. The summed E-state index contributed by atoms with van der Waals surface area (Å²) in [5, 5.41) is 3.85. The second-order valence-electron chi connectivity index (χ2n) is 4.92. The summed E-state index contributed by atoms with van der Waals surface area (Å²) in [6.45, 7) is 0.763. The Morgan fingerprint density at radius 3 is 3.15 bits per heavy atom. The minimum absolute atomic E-state index is 0.0195. The minimum atomic E-state index is -0.0195. The lowest BCUT2D eigenvalue weighted by Gasteiger charge is -2.11. The first kappa shape index (κ1) is 13.4. The predicted molar refractivity (Wildman–Crippen MR) is 81.2 cm³/mol. The van der Waals surface area contributed by atoms with E-state index in [1.807, 2.05) is 24.3 Å². The van der Waals surface area contributed by atoms with Crippen LogP contribution in [0.1, 0.15) is 19.3 Å². The topological polar surface area (TPSA) is 51.2 Å². The number of hydrogen-bond donors (Lipinski definition) is 2. The van der Waals surface area contributed by atoms with Crippen LogP contribution in [-0.2, 0) is 9.53 Å². The molecule has 1 aliphatic heterocycles. The fraction of sp³-hybridized carbons (Fsp3) is 0.333. The number of hydrogen-bond acceptors (Lipinski definition) is 4. The summed E-state index contributed by atoms with van der Waals surface area (Å²) in [7, 11) is 0. The highest BCUT2D eigenvalue weighted by Crippen LogP contribution is 2.26. The van der Waals surface area contributed by atoms with E-state index in [1.54, 1.807) is 6.20 Å². The molecule has 0 radical (unpaired) electrons. The van der Waals surface area contributed by atoms with Gasteiger partial charge in [-0.15, -0.1) is 12.6 Å². The lowest BCUT2D eigenvalue weighted by Crippen LogP contribution is -2.19. The summed E-state index contributed by atoms with van der Waals surface area (Å²) in [4.78, 5) is 17.2. The molecule has 1 aromatic heterocycles. The summed E-state index contributed by atoms with van der Waals surface area (Å²) in [5.74, 6) is -0.0195. The van der Waals surface area contributed by atoms with Crippen molar-refractivity contribution in [2.45, 2.75) is 30.3 Å². The normalized spacial score (nSPS) is 18.4. The van der Waals surface area contributed by atoms with Crippen LogP contribution in [0.2, 0.25) is 0 Å². The third-order valence-electron chi connectivity index (χ3n) is 3.46. The smallest absolute Gasteiger partial charge is 0.227 e. The number of carbonyl (C=O) groups excluding carboxylic acids is 1. The van der Waals surface area contributed by atoms with Gasteiger partial charge in [0, 0.05) is 23.1 Å². The van der Waals surface area contributed by atoms with Gasteiger partial charge in [-0.1, -0.05) is 12.1 Å². The molecule has 1 fully saturated rings. The molecular formula is C15H16N2O2S. The van der Waals surface area contributed by atoms with Gasteiger partial charge in [0.2, 0.25) is 5.91 Å². The van der Waals surface area contributed by atoms with Crippen LogP contribution < -0.4 is 5.32 Å². The quantitative estimate of drug-likeness (QED) is 0.854. The first-order valence-corrected chi connectivity index (χ1v) is 7.17. The standard InChI is InChI=1S/C15H16N2O2S/c18-14(9-10-3-2-8-19-10)17-12-6-7-16-15-11(12)4-1-5-13(15)20/h1,4-7,10,20H,2-3,8-9H2,(H,16,17,18). The number of thiol groups is 1. The Kier molecular flexibility index (Phi) is 3.89. The first-order chi connectivity index (χ1) is 9.74. The summed E-state index contributed by atoms with van der Waals surface area (Å²) < 4.78 is 5.48. The SMILES string of the molecule is O=C(CC1CCCO1)Nc1ccnc2c(S)cccc12. The van der Waals surface area contributed by atoms with Crippen molar-refractivity contribution in [1.29, 1.82) is 0 Å². The van der Waals surface area contributed by atoms with E-state index in [9.17, 15) is 4.79 Å². The van der Waals surface area contributed by atoms with Crippen LogP contribution in [0.4, 0.5) is 5.69 Å². The van der Waals surface area contributed by atoms with Crippen molar-refractivity contribution >= 4 is 35.1 Å². The molecule has 1 saturated heterocycles. The fourth-order valence-electron chi connectivity index (χ4n) is 2.48. The van der Waals surface area contributed by atoms with Crippen molar-refractivity contribution in [1.82, 2.24) is 4.98 Å². The summed E-state index contributed by atoms with van der Waals surface area (Å²) in [5.41, 5.74) is 1.57. The van der Waals surface area contributed by atoms with Crippen molar-refractivity contribution in [3.63, 3.8) is 0 Å². The monoisotopic (exact) mass is 288 g/mol. The fourth-order valence-corrected chi connectivity index (χ4v) is 2.75. The second kappa shape index (κ2) is 5.81. The number of anilines is 1. The molecule has 104 valence electrons. The molecule has 3 rings (SSSR count). The highest BCUT2D eigenvalue weighted by atomic mass is 32.1. The van der Waals surface area contributed by atoms with Gasteiger partial charge in [0.15, 0.2) is 0 Å². The predicted octanol–water partition coefficient (Wildman–Crippen LogP) is 3.03. The van der Waals surface area contributed by atoms with Crippen molar-refractivity contribution in [3.8, 4) is 0 Å². The number of nitrogens with one attached hydrogen (secondary N) is 1. The molecule has 1 atom stereocenters. The Balaban J connectivity index is 1.80. The largest absolute Gasteiger partial charge is 0.378 e. The number of para-hydroxylation sites is 1. The zero-order chi connectivity index (χ0) is 13.9. The molecule has 5 heteroatoms. The molecule has 1 N–H and O–H groups in total. The van der Waals surface area contributed by atoms with Crippen LogP contribution in [0.25, 0.3) is 10.9 Å². The van der Waals surface area contributed by atoms with Crippen LogP contribution >= 0.6 is 12.6 Å². The Morgan fingerprint density at radius 2 is 2.35 bits per heavy atom. The van der Waals surface area contributed by atoms with Crippen LogP contribution in [0.3, 0.4) is 0 Å². The number of fused-ring (bicyclic) bond motifs is 1. The summed E-state index contributed by atoms with van der Waals surface area (Å²) in [6, 6.07) is 7.53. The van der Waals surface area contributed by atoms with E-state index >= 15 is 0 Å². The molecular weight excluding hydrogens is 272 g/mol. The number of amides is 1. The number of benzene rings is 1. The Labute approximate surface area is 122 Å². The first-order valence-electron chi connectivity index (χ1n) is 6.72. The maximum atomic E-state index is 12.1. The molecule has 1 aliphatic rings. The molecule has 4 nitrogen and oxygen atoms in total. The van der Waals surface area contributed by atoms with E-state index < -0.39 is 0 Å². The number of aromatic nitrogens is 1. The lowest BCUT2D eigenvalue weighted by atomic mass is 10.1. The number of nitrogens with zero attached hydrogens (tertiary/aromatic N) is 1. The third kappa shape index (κ3) is 2.78. The van der Waals surface area contributed by atoms with Gasteiger partial charge in [-0.25, -0.2) is 0 Å². The molecule has 2 heterocycles. The highest BCUT2D eigenvalue weighted by molar-refractivity contribution is 7.80. The van der Waals surface area contributed by atoms with Crippen LogP contribution in [0.15, 0.2) is 35.4 Å². The second-order valence-corrected chi connectivity index (χ2v) is 5.40. The van der Waals surface area contributed by atoms with Gasteiger partial charge in [0.25, 0.3) is 0 Å². The Hall–Kier alpha value is -1.59. The van der Waals surface area contributed by atoms with Crippen LogP contribution in [-0.4, -0.2) is 23.6 Å². The third-order valence-corrected chi connectivity index (χ3v) is 3.82. The van der Waals surface area contributed by atoms with Gasteiger partial charge in [-0.2, -0.15) is 0 Å². The van der Waals surface area contributed by atoms with E-state index in [-0.39, 0.29) is 12.0 Å². The van der Waals surface area contributed by atoms with E-state index in [0.717, 1.165) is 40.9 Å². The maximum Gasteiger partial charge on any atom is 0.227 e. The summed E-state index contributed by atoms with van der Waals surface area (Å²) in [6.07, 6.45) is 4.15. The van der Waals surface area contributed by atoms with Gasteiger partial charge < -0.3 is 10.1 Å². The van der Waals surface area contributed by atoms with E-state index in [0.29, 0.717) is 6.42 Å². The average molecular weight is 288 g/mol. The highest BCUT2D eigenvalue weighted by Gasteiger charge is 2.19. The molecule has 2 aromatic rings.